The van der Waals surface area contributed by atoms with Gasteiger partial charge in [0.2, 0.25) is 12.7 Å². The van der Waals surface area contributed by atoms with E-state index in [0.717, 1.165) is 49.6 Å². The zero-order chi connectivity index (χ0) is 16.8. The molecule has 2 aliphatic rings. The number of ether oxygens (including phenoxy) is 3. The van der Waals surface area contributed by atoms with Crippen molar-refractivity contribution in [2.75, 3.05) is 33.1 Å². The van der Waals surface area contributed by atoms with Crippen molar-refractivity contribution >= 4 is 12.0 Å². The van der Waals surface area contributed by atoms with E-state index in [4.69, 9.17) is 14.2 Å². The number of rotatable bonds is 6. The van der Waals surface area contributed by atoms with Gasteiger partial charge < -0.3 is 19.1 Å². The molecule has 0 atom stereocenters. The highest BCUT2D eigenvalue weighted by atomic mass is 16.7. The molecule has 1 saturated heterocycles. The Kier molecular flexibility index (Phi) is 5.54. The molecule has 0 aromatic heterocycles. The standard InChI is InChI=1S/C19H23NO4/c1-2-11-22-13-16-7-9-20(10-8-16)19(21)6-4-15-3-5-17-18(12-15)24-14-23-17/h2-6,12,16H,1,7-11,13-14H2/b6-4+. The van der Waals surface area contributed by atoms with Crippen LogP contribution in [0.15, 0.2) is 36.9 Å². The van der Waals surface area contributed by atoms with Crippen molar-refractivity contribution in [1.82, 2.24) is 4.90 Å². The maximum absolute atomic E-state index is 12.3. The van der Waals surface area contributed by atoms with Crippen LogP contribution in [0, 0.1) is 5.92 Å². The molecule has 0 spiro atoms. The Labute approximate surface area is 142 Å². The third kappa shape index (κ3) is 4.17. The number of nitrogens with zero attached hydrogens (tertiary/aromatic N) is 1. The number of likely N-dealkylation sites (tertiary alicyclic amines) is 1. The van der Waals surface area contributed by atoms with Crippen LogP contribution in [0.1, 0.15) is 18.4 Å². The highest BCUT2D eigenvalue weighted by Crippen LogP contribution is 2.32. The SMILES string of the molecule is C=CCOCC1CCN(C(=O)/C=C/c2ccc3c(c2)OCO3)CC1. The summed E-state index contributed by atoms with van der Waals surface area (Å²) in [6, 6.07) is 5.66. The average Bonchev–Trinajstić information content (AvgIpc) is 3.08. The summed E-state index contributed by atoms with van der Waals surface area (Å²) in [5.74, 6) is 2.06. The number of carbonyl (C=O) groups excluding carboxylic acids is 1. The zero-order valence-corrected chi connectivity index (χ0v) is 13.8. The lowest BCUT2D eigenvalue weighted by Gasteiger charge is -2.31. The van der Waals surface area contributed by atoms with Gasteiger partial charge in [-0.1, -0.05) is 12.1 Å². The van der Waals surface area contributed by atoms with Gasteiger partial charge in [-0.3, -0.25) is 4.79 Å². The molecule has 0 unspecified atom stereocenters. The van der Waals surface area contributed by atoms with E-state index in [1.54, 1.807) is 12.2 Å². The molecule has 128 valence electrons. The molecule has 0 bridgehead atoms. The highest BCUT2D eigenvalue weighted by molar-refractivity contribution is 5.91. The van der Waals surface area contributed by atoms with Gasteiger partial charge >= 0.3 is 0 Å². The monoisotopic (exact) mass is 329 g/mol. The lowest BCUT2D eigenvalue weighted by molar-refractivity contribution is -0.127. The Morgan fingerprint density at radius 3 is 2.88 bits per heavy atom. The smallest absolute Gasteiger partial charge is 0.246 e. The molecule has 24 heavy (non-hydrogen) atoms. The first-order valence-corrected chi connectivity index (χ1v) is 8.31. The summed E-state index contributed by atoms with van der Waals surface area (Å²) in [7, 11) is 0. The molecule has 2 aliphatic heterocycles. The minimum atomic E-state index is 0.0538. The molecule has 1 fully saturated rings. The summed E-state index contributed by atoms with van der Waals surface area (Å²) < 4.78 is 16.1. The third-order valence-corrected chi connectivity index (χ3v) is 4.33. The number of benzene rings is 1. The summed E-state index contributed by atoms with van der Waals surface area (Å²) >= 11 is 0. The normalized spacial score (nSPS) is 17.4. The van der Waals surface area contributed by atoms with Crippen molar-refractivity contribution in [3.63, 3.8) is 0 Å². The molecule has 0 N–H and O–H groups in total. The van der Waals surface area contributed by atoms with E-state index >= 15 is 0 Å². The van der Waals surface area contributed by atoms with Crippen LogP contribution in [0.4, 0.5) is 0 Å². The van der Waals surface area contributed by atoms with Crippen LogP contribution < -0.4 is 9.47 Å². The second-order valence-electron chi connectivity index (χ2n) is 6.04. The second-order valence-corrected chi connectivity index (χ2v) is 6.04. The summed E-state index contributed by atoms with van der Waals surface area (Å²) in [5, 5.41) is 0. The van der Waals surface area contributed by atoms with E-state index in [2.05, 4.69) is 6.58 Å². The molecule has 5 heteroatoms. The van der Waals surface area contributed by atoms with Crippen LogP contribution in [0.25, 0.3) is 6.08 Å². The van der Waals surface area contributed by atoms with E-state index in [9.17, 15) is 4.79 Å². The molecule has 1 aromatic rings. The molecule has 1 amide bonds. The maximum Gasteiger partial charge on any atom is 0.246 e. The number of piperidine rings is 1. The summed E-state index contributed by atoms with van der Waals surface area (Å²) in [6.07, 6.45) is 7.19. The van der Waals surface area contributed by atoms with Crippen LogP contribution in [0.5, 0.6) is 11.5 Å². The lowest BCUT2D eigenvalue weighted by atomic mass is 9.98. The van der Waals surface area contributed by atoms with Gasteiger partial charge in [-0.15, -0.1) is 6.58 Å². The van der Waals surface area contributed by atoms with Gasteiger partial charge in [0.05, 0.1) is 6.61 Å². The van der Waals surface area contributed by atoms with E-state index in [0.29, 0.717) is 12.5 Å². The number of carbonyl (C=O) groups is 1. The topological polar surface area (TPSA) is 48.0 Å². The van der Waals surface area contributed by atoms with E-state index in [1.807, 2.05) is 29.2 Å². The summed E-state index contributed by atoms with van der Waals surface area (Å²) in [6.45, 7) is 6.81. The molecule has 0 radical (unpaired) electrons. The molecule has 3 rings (SSSR count). The number of fused-ring (bicyclic) bond motifs is 1. The Hall–Kier alpha value is -2.27. The molecular formula is C19H23NO4. The minimum Gasteiger partial charge on any atom is -0.454 e. The van der Waals surface area contributed by atoms with Gasteiger partial charge in [-0.2, -0.15) is 0 Å². The molecule has 1 aromatic carbocycles. The Balaban J connectivity index is 1.48. The fraction of sp³-hybridized carbons (Fsp3) is 0.421. The molecule has 0 aliphatic carbocycles. The molecule has 0 saturated carbocycles. The second kappa shape index (κ2) is 8.02. The highest BCUT2D eigenvalue weighted by Gasteiger charge is 2.21. The van der Waals surface area contributed by atoms with Crippen molar-refractivity contribution < 1.29 is 19.0 Å². The quantitative estimate of drug-likeness (QED) is 0.457. The predicted octanol–water partition coefficient (Wildman–Crippen LogP) is 2.87. The minimum absolute atomic E-state index is 0.0538. The van der Waals surface area contributed by atoms with Crippen LogP contribution in [-0.2, 0) is 9.53 Å². The Morgan fingerprint density at radius 2 is 2.08 bits per heavy atom. The van der Waals surface area contributed by atoms with Crippen LogP contribution in [0.3, 0.4) is 0 Å². The van der Waals surface area contributed by atoms with Crippen molar-refractivity contribution in [2.24, 2.45) is 5.92 Å². The van der Waals surface area contributed by atoms with Crippen molar-refractivity contribution in [3.8, 4) is 11.5 Å². The average molecular weight is 329 g/mol. The van der Waals surface area contributed by atoms with Gasteiger partial charge in [0.1, 0.15) is 0 Å². The maximum atomic E-state index is 12.3. The largest absolute Gasteiger partial charge is 0.454 e. The first-order chi connectivity index (χ1) is 11.8. The van der Waals surface area contributed by atoms with Crippen molar-refractivity contribution in [1.29, 1.82) is 0 Å². The van der Waals surface area contributed by atoms with Gasteiger partial charge in [-0.25, -0.2) is 0 Å². The molecule has 5 nitrogen and oxygen atoms in total. The zero-order valence-electron chi connectivity index (χ0n) is 13.8. The Bertz CT molecular complexity index is 618. The predicted molar refractivity (Wildman–Crippen MR) is 91.9 cm³/mol. The summed E-state index contributed by atoms with van der Waals surface area (Å²) in [5.41, 5.74) is 0.931. The van der Waals surface area contributed by atoms with Gasteiger partial charge in [0.15, 0.2) is 11.5 Å². The van der Waals surface area contributed by atoms with Gasteiger partial charge in [0.25, 0.3) is 0 Å². The van der Waals surface area contributed by atoms with E-state index in [-0.39, 0.29) is 12.7 Å². The van der Waals surface area contributed by atoms with Crippen LogP contribution >= 0.6 is 0 Å². The van der Waals surface area contributed by atoms with Crippen molar-refractivity contribution in [2.45, 2.75) is 12.8 Å². The van der Waals surface area contributed by atoms with E-state index in [1.165, 1.54) is 0 Å². The molecule has 2 heterocycles. The van der Waals surface area contributed by atoms with Crippen LogP contribution in [0.2, 0.25) is 0 Å². The van der Waals surface area contributed by atoms with Crippen molar-refractivity contribution in [3.05, 3.63) is 42.5 Å². The fourth-order valence-corrected chi connectivity index (χ4v) is 2.93. The van der Waals surface area contributed by atoms with E-state index < -0.39 is 0 Å². The third-order valence-electron chi connectivity index (χ3n) is 4.33. The number of hydrogen-bond donors (Lipinski definition) is 0. The first kappa shape index (κ1) is 16.6. The lowest BCUT2D eigenvalue weighted by Crippen LogP contribution is -2.38. The molecular weight excluding hydrogens is 306 g/mol. The van der Waals surface area contributed by atoms with Gasteiger partial charge in [-0.05, 0) is 42.5 Å². The number of amides is 1. The Morgan fingerprint density at radius 1 is 1.29 bits per heavy atom. The number of hydrogen-bond acceptors (Lipinski definition) is 4. The fourth-order valence-electron chi connectivity index (χ4n) is 2.93. The van der Waals surface area contributed by atoms with Crippen LogP contribution in [-0.4, -0.2) is 43.9 Å². The summed E-state index contributed by atoms with van der Waals surface area (Å²) in [4.78, 5) is 14.2. The first-order valence-electron chi connectivity index (χ1n) is 8.31. The van der Waals surface area contributed by atoms with Gasteiger partial charge in [0, 0.05) is 25.8 Å².